The van der Waals surface area contributed by atoms with Gasteiger partial charge in [-0.15, -0.1) is 33.3 Å². The molecule has 0 fully saturated rings. The Hall–Kier alpha value is -1.45. The van der Waals surface area contributed by atoms with E-state index in [9.17, 15) is 13.6 Å². The smallest absolute Gasteiger partial charge is 0.195 e. The molecular weight excluding hydrogens is 348 g/mol. The van der Waals surface area contributed by atoms with Gasteiger partial charge in [0.25, 0.3) is 0 Å². The van der Waals surface area contributed by atoms with Gasteiger partial charge in [-0.1, -0.05) is 0 Å². The summed E-state index contributed by atoms with van der Waals surface area (Å²) < 4.78 is 31.3. The number of nitrogens with zero attached hydrogens (tertiary/aromatic N) is 3. The van der Waals surface area contributed by atoms with E-state index in [1.54, 1.807) is 17.9 Å². The van der Waals surface area contributed by atoms with Crippen molar-refractivity contribution in [1.82, 2.24) is 14.8 Å². The van der Waals surface area contributed by atoms with Gasteiger partial charge in [0.1, 0.15) is 12.1 Å². The van der Waals surface area contributed by atoms with E-state index in [2.05, 4.69) is 10.2 Å². The third-order valence-corrected chi connectivity index (χ3v) is 6.24. The summed E-state index contributed by atoms with van der Waals surface area (Å²) in [6.07, 6.45) is 3.25. The summed E-state index contributed by atoms with van der Waals surface area (Å²) in [7, 11) is 1.68. The molecule has 0 saturated carbocycles. The summed E-state index contributed by atoms with van der Waals surface area (Å²) in [5.41, 5.74) is -0.383. The van der Waals surface area contributed by atoms with Crippen LogP contribution in [0.25, 0.3) is 10.1 Å². The Morgan fingerprint density at radius 1 is 1.32 bits per heavy atom. The number of thioether (sulfide) groups is 1. The summed E-state index contributed by atoms with van der Waals surface area (Å²) in [5.74, 6) is -1.51. The highest BCUT2D eigenvalue weighted by molar-refractivity contribution is 8.00. The van der Waals surface area contributed by atoms with Crippen LogP contribution >= 0.6 is 34.9 Å². The lowest BCUT2D eigenvalue weighted by Crippen LogP contribution is -2.02. The fraction of sp³-hybridized carbons (Fsp3) is 0.154. The minimum Gasteiger partial charge on any atom is -0.311 e. The molecule has 0 unspecified atom stereocenters. The molecule has 0 saturated heterocycles. The quantitative estimate of drug-likeness (QED) is 0.671. The molecule has 0 spiro atoms. The number of fused-ring (bicyclic) bond motifs is 1. The second-order valence-corrected chi connectivity index (χ2v) is 7.47. The molecule has 0 bridgehead atoms. The molecule has 9 heteroatoms. The normalized spacial score (nSPS) is 11.3. The maximum Gasteiger partial charge on any atom is 0.195 e. The molecule has 22 heavy (non-hydrogen) atoms. The first-order valence-corrected chi connectivity index (χ1v) is 8.88. The van der Waals surface area contributed by atoms with Crippen LogP contribution in [0.5, 0.6) is 0 Å². The molecule has 0 N–H and O–H groups in total. The molecule has 0 aliphatic heterocycles. The lowest BCUT2D eigenvalue weighted by Gasteiger charge is -2.07. The average Bonchev–Trinajstić information content (AvgIpc) is 2.89. The van der Waals surface area contributed by atoms with E-state index in [0.717, 1.165) is 29.2 Å². The summed E-state index contributed by atoms with van der Waals surface area (Å²) in [5, 5.41) is 7.90. The lowest BCUT2D eigenvalue weighted by molar-refractivity contribution is 0.550. The van der Waals surface area contributed by atoms with Gasteiger partial charge < -0.3 is 4.57 Å². The number of rotatable bonds is 3. The monoisotopic (exact) mass is 357 g/mol. The summed E-state index contributed by atoms with van der Waals surface area (Å²) >= 11 is 3.33. The Balaban J connectivity index is 2.23. The van der Waals surface area contributed by atoms with E-state index in [-0.39, 0.29) is 20.4 Å². The van der Waals surface area contributed by atoms with Crippen molar-refractivity contribution < 1.29 is 8.78 Å². The van der Waals surface area contributed by atoms with E-state index in [4.69, 9.17) is 0 Å². The Morgan fingerprint density at radius 2 is 2.09 bits per heavy atom. The first-order chi connectivity index (χ1) is 10.5. The Labute approximate surface area is 136 Å². The van der Waals surface area contributed by atoms with Crippen LogP contribution in [0.15, 0.2) is 37.5 Å². The number of aromatic nitrogens is 3. The average molecular weight is 357 g/mol. The van der Waals surface area contributed by atoms with Gasteiger partial charge >= 0.3 is 0 Å². The summed E-state index contributed by atoms with van der Waals surface area (Å²) in [6.45, 7) is 0. The van der Waals surface area contributed by atoms with Crippen LogP contribution in [0.4, 0.5) is 8.78 Å². The topological polar surface area (TPSA) is 47.8 Å². The van der Waals surface area contributed by atoms with Crippen molar-refractivity contribution in [2.24, 2.45) is 7.05 Å². The van der Waals surface area contributed by atoms with Crippen LogP contribution in [0.1, 0.15) is 0 Å². The molecule has 3 rings (SSSR count). The Bertz CT molecular complexity index is 923. The first kappa shape index (κ1) is 15.4. The highest BCUT2D eigenvalue weighted by atomic mass is 32.2. The van der Waals surface area contributed by atoms with Crippen molar-refractivity contribution in [3.8, 4) is 0 Å². The van der Waals surface area contributed by atoms with Crippen molar-refractivity contribution in [2.75, 3.05) is 6.26 Å². The van der Waals surface area contributed by atoms with Gasteiger partial charge in [-0.25, -0.2) is 8.78 Å². The lowest BCUT2D eigenvalue weighted by atomic mass is 10.2. The second kappa shape index (κ2) is 5.98. The predicted molar refractivity (Wildman–Crippen MR) is 84.9 cm³/mol. The van der Waals surface area contributed by atoms with Crippen LogP contribution in [0.3, 0.4) is 0 Å². The molecule has 3 aromatic rings. The molecule has 0 aliphatic rings. The van der Waals surface area contributed by atoms with Crippen molar-refractivity contribution in [1.29, 1.82) is 0 Å². The zero-order valence-electron chi connectivity index (χ0n) is 11.5. The highest BCUT2D eigenvalue weighted by Crippen LogP contribution is 2.36. The van der Waals surface area contributed by atoms with E-state index < -0.39 is 11.6 Å². The van der Waals surface area contributed by atoms with Crippen LogP contribution < -0.4 is 5.43 Å². The molecular formula is C13H9F2N3OS3. The van der Waals surface area contributed by atoms with Gasteiger partial charge in [0.05, 0.1) is 13.8 Å². The van der Waals surface area contributed by atoms with E-state index >= 15 is 0 Å². The largest absolute Gasteiger partial charge is 0.311 e. The predicted octanol–water partition coefficient (Wildman–Crippen LogP) is 3.54. The molecule has 0 aliphatic carbocycles. The highest BCUT2D eigenvalue weighted by Gasteiger charge is 2.19. The van der Waals surface area contributed by atoms with Crippen LogP contribution in [-0.4, -0.2) is 21.0 Å². The standard InChI is InChI=1S/C13H9F2N3OS3/c1-18-5-16-17-13(18)22-12-7(14)3-6-8(19)4-9(20-2)21-11(6)10(12)15/h3-5H,1-2H3. The third kappa shape index (κ3) is 2.64. The third-order valence-electron chi connectivity index (χ3n) is 2.91. The molecule has 1 aromatic carbocycles. The van der Waals surface area contributed by atoms with Crippen LogP contribution in [-0.2, 0) is 7.05 Å². The van der Waals surface area contributed by atoms with E-state index in [1.165, 1.54) is 24.2 Å². The number of hydrogen-bond acceptors (Lipinski definition) is 6. The molecule has 114 valence electrons. The second-order valence-electron chi connectivity index (χ2n) is 4.34. The molecule has 4 nitrogen and oxygen atoms in total. The van der Waals surface area contributed by atoms with Crippen LogP contribution in [0, 0.1) is 11.6 Å². The Kier molecular flexibility index (Phi) is 4.20. The van der Waals surface area contributed by atoms with Gasteiger partial charge in [0.15, 0.2) is 16.4 Å². The molecule has 0 atom stereocenters. The number of benzene rings is 1. The van der Waals surface area contributed by atoms with Gasteiger partial charge in [0, 0.05) is 18.5 Å². The number of halogens is 2. The number of hydrogen-bond donors (Lipinski definition) is 0. The molecule has 0 radical (unpaired) electrons. The maximum absolute atomic E-state index is 14.7. The minimum absolute atomic E-state index is 0.0557. The van der Waals surface area contributed by atoms with Crippen molar-refractivity contribution >= 4 is 44.9 Å². The molecule has 2 aromatic heterocycles. The van der Waals surface area contributed by atoms with Crippen molar-refractivity contribution in [3.63, 3.8) is 0 Å². The van der Waals surface area contributed by atoms with Gasteiger partial charge in [-0.3, -0.25) is 4.79 Å². The fourth-order valence-corrected chi connectivity index (χ4v) is 4.34. The van der Waals surface area contributed by atoms with Gasteiger partial charge in [-0.2, -0.15) is 0 Å². The van der Waals surface area contributed by atoms with E-state index in [0.29, 0.717) is 9.37 Å². The van der Waals surface area contributed by atoms with Gasteiger partial charge in [-0.05, 0) is 24.1 Å². The minimum atomic E-state index is -0.779. The summed E-state index contributed by atoms with van der Waals surface area (Å²) in [6, 6.07) is 2.48. The first-order valence-electron chi connectivity index (χ1n) is 6.03. The van der Waals surface area contributed by atoms with E-state index in [1.807, 2.05) is 0 Å². The van der Waals surface area contributed by atoms with Crippen molar-refractivity contribution in [3.05, 3.63) is 40.3 Å². The number of aryl methyl sites for hydroxylation is 1. The zero-order valence-corrected chi connectivity index (χ0v) is 13.9. The van der Waals surface area contributed by atoms with Crippen molar-refractivity contribution in [2.45, 2.75) is 14.3 Å². The SMILES string of the molecule is CSc1cc(=O)c2cc(F)c(Sc3nncn3C)c(F)c2s1. The van der Waals surface area contributed by atoms with Gasteiger partial charge in [0.2, 0.25) is 0 Å². The zero-order chi connectivity index (χ0) is 15.9. The van der Waals surface area contributed by atoms with Crippen LogP contribution in [0.2, 0.25) is 0 Å². The summed E-state index contributed by atoms with van der Waals surface area (Å²) in [4.78, 5) is 11.8. The molecule has 0 amide bonds. The fourth-order valence-electron chi connectivity index (χ4n) is 1.83. The molecule has 2 heterocycles. The Morgan fingerprint density at radius 3 is 2.73 bits per heavy atom. The maximum atomic E-state index is 14.7.